The van der Waals surface area contributed by atoms with E-state index < -0.39 is 0 Å². The monoisotopic (exact) mass is 253 g/mol. The van der Waals surface area contributed by atoms with E-state index >= 15 is 0 Å². The molecular weight excluding hydrogens is 234 g/mol. The lowest BCUT2D eigenvalue weighted by Crippen LogP contribution is -2.43. The van der Waals surface area contributed by atoms with Gasteiger partial charge in [-0.1, -0.05) is 12.8 Å². The van der Waals surface area contributed by atoms with Crippen LogP contribution in [0.3, 0.4) is 0 Å². The van der Waals surface area contributed by atoms with Crippen LogP contribution in [0.2, 0.25) is 0 Å². The molecule has 1 saturated carbocycles. The Morgan fingerprint density at radius 1 is 1.50 bits per heavy atom. The summed E-state index contributed by atoms with van der Waals surface area (Å²) in [5.41, 5.74) is 0.215. The molecule has 1 aliphatic carbocycles. The van der Waals surface area contributed by atoms with E-state index in [4.69, 9.17) is 14.3 Å². The van der Waals surface area contributed by atoms with Gasteiger partial charge in [0.2, 0.25) is 0 Å². The molecule has 1 fully saturated rings. The molecular formula is C13H19NO4. The number of hydrogen-bond donors (Lipinski definition) is 2. The van der Waals surface area contributed by atoms with Crippen molar-refractivity contribution in [1.82, 2.24) is 5.32 Å². The standard InChI is InChI=1S/C13H19NO4/c15-6-8-18-13(4-1-2-5-13)10-14-12(16)11-3-7-17-9-11/h3,7,9,15H,1-2,4-6,8,10H2,(H,14,16). The lowest BCUT2D eigenvalue weighted by molar-refractivity contribution is -0.0511. The van der Waals surface area contributed by atoms with Crippen molar-refractivity contribution < 1.29 is 19.1 Å². The quantitative estimate of drug-likeness (QED) is 0.802. The van der Waals surface area contributed by atoms with Crippen LogP contribution in [0.5, 0.6) is 0 Å². The molecule has 0 atom stereocenters. The topological polar surface area (TPSA) is 71.7 Å². The first-order valence-corrected chi connectivity index (χ1v) is 6.31. The molecule has 0 aliphatic heterocycles. The van der Waals surface area contributed by atoms with Crippen molar-refractivity contribution in [2.75, 3.05) is 19.8 Å². The molecule has 1 amide bonds. The minimum Gasteiger partial charge on any atom is -0.472 e. The van der Waals surface area contributed by atoms with Crippen molar-refractivity contribution in [3.63, 3.8) is 0 Å². The van der Waals surface area contributed by atoms with E-state index in [2.05, 4.69) is 5.32 Å². The van der Waals surface area contributed by atoms with Crippen molar-refractivity contribution in [3.8, 4) is 0 Å². The third-order valence-electron chi connectivity index (χ3n) is 3.37. The van der Waals surface area contributed by atoms with Gasteiger partial charge in [0.1, 0.15) is 6.26 Å². The van der Waals surface area contributed by atoms with Gasteiger partial charge >= 0.3 is 0 Å². The van der Waals surface area contributed by atoms with Crippen LogP contribution in [0.15, 0.2) is 23.0 Å². The summed E-state index contributed by atoms with van der Waals surface area (Å²) < 4.78 is 10.6. The van der Waals surface area contributed by atoms with Crippen LogP contribution < -0.4 is 5.32 Å². The fourth-order valence-corrected chi connectivity index (χ4v) is 2.39. The Labute approximate surface area is 106 Å². The predicted octanol–water partition coefficient (Wildman–Crippen LogP) is 1.33. The zero-order valence-corrected chi connectivity index (χ0v) is 10.4. The second kappa shape index (κ2) is 6.02. The summed E-state index contributed by atoms with van der Waals surface area (Å²) in [6.07, 6.45) is 6.96. The molecule has 1 aliphatic rings. The lowest BCUT2D eigenvalue weighted by atomic mass is 10.0. The number of carbonyl (C=O) groups excluding carboxylic acids is 1. The molecule has 0 aromatic carbocycles. The number of aliphatic hydroxyl groups is 1. The molecule has 5 nitrogen and oxygen atoms in total. The molecule has 2 N–H and O–H groups in total. The van der Waals surface area contributed by atoms with Gasteiger partial charge in [0, 0.05) is 6.54 Å². The molecule has 1 aromatic rings. The highest BCUT2D eigenvalue weighted by atomic mass is 16.5. The van der Waals surface area contributed by atoms with Crippen molar-refractivity contribution in [1.29, 1.82) is 0 Å². The van der Waals surface area contributed by atoms with Crippen LogP contribution in [0.1, 0.15) is 36.0 Å². The fourth-order valence-electron chi connectivity index (χ4n) is 2.39. The van der Waals surface area contributed by atoms with Gasteiger partial charge in [-0.25, -0.2) is 0 Å². The maximum atomic E-state index is 11.8. The predicted molar refractivity (Wildman–Crippen MR) is 65.3 cm³/mol. The molecule has 0 unspecified atom stereocenters. The molecule has 0 saturated heterocycles. The van der Waals surface area contributed by atoms with Crippen LogP contribution in [0.25, 0.3) is 0 Å². The lowest BCUT2D eigenvalue weighted by Gasteiger charge is -2.29. The molecule has 1 heterocycles. The summed E-state index contributed by atoms with van der Waals surface area (Å²) in [7, 11) is 0. The van der Waals surface area contributed by atoms with E-state index in [-0.39, 0.29) is 18.1 Å². The van der Waals surface area contributed by atoms with Gasteiger partial charge in [0.25, 0.3) is 5.91 Å². The van der Waals surface area contributed by atoms with Gasteiger partial charge in [-0.15, -0.1) is 0 Å². The third kappa shape index (κ3) is 3.11. The molecule has 0 bridgehead atoms. The highest BCUT2D eigenvalue weighted by Crippen LogP contribution is 2.32. The highest BCUT2D eigenvalue weighted by molar-refractivity contribution is 5.93. The van der Waals surface area contributed by atoms with Gasteiger partial charge in [-0.05, 0) is 18.9 Å². The Morgan fingerprint density at radius 3 is 2.89 bits per heavy atom. The number of aliphatic hydroxyl groups excluding tert-OH is 1. The van der Waals surface area contributed by atoms with Crippen LogP contribution in [0, 0.1) is 0 Å². The van der Waals surface area contributed by atoms with Crippen molar-refractivity contribution >= 4 is 5.91 Å². The first-order valence-electron chi connectivity index (χ1n) is 6.31. The summed E-state index contributed by atoms with van der Waals surface area (Å²) in [6.45, 7) is 0.815. The largest absolute Gasteiger partial charge is 0.472 e. The van der Waals surface area contributed by atoms with E-state index in [9.17, 15) is 4.79 Å². The van der Waals surface area contributed by atoms with Crippen molar-refractivity contribution in [2.24, 2.45) is 0 Å². The fraction of sp³-hybridized carbons (Fsp3) is 0.615. The Hall–Kier alpha value is -1.33. The van der Waals surface area contributed by atoms with Gasteiger partial charge < -0.3 is 19.6 Å². The number of rotatable bonds is 6. The van der Waals surface area contributed by atoms with Crippen LogP contribution in [-0.2, 0) is 4.74 Å². The summed E-state index contributed by atoms with van der Waals surface area (Å²) >= 11 is 0. The van der Waals surface area contributed by atoms with E-state index in [0.29, 0.717) is 18.7 Å². The second-order valence-electron chi connectivity index (χ2n) is 4.66. The summed E-state index contributed by atoms with van der Waals surface area (Å²) in [6, 6.07) is 1.63. The Morgan fingerprint density at radius 2 is 2.28 bits per heavy atom. The average Bonchev–Trinajstić information content (AvgIpc) is 3.05. The van der Waals surface area contributed by atoms with Gasteiger partial charge in [0.15, 0.2) is 0 Å². The van der Waals surface area contributed by atoms with Crippen LogP contribution in [0.4, 0.5) is 0 Å². The summed E-state index contributed by atoms with van der Waals surface area (Å²) in [5, 5.41) is 11.7. The maximum absolute atomic E-state index is 11.8. The minimum atomic E-state index is -0.303. The molecule has 1 aromatic heterocycles. The van der Waals surface area contributed by atoms with Gasteiger partial charge in [-0.3, -0.25) is 4.79 Å². The zero-order valence-electron chi connectivity index (χ0n) is 10.4. The summed E-state index contributed by atoms with van der Waals surface area (Å²) in [4.78, 5) is 11.8. The first kappa shape index (κ1) is 13.1. The molecule has 5 heteroatoms. The number of carbonyl (C=O) groups is 1. The Balaban J connectivity index is 1.88. The second-order valence-corrected chi connectivity index (χ2v) is 4.66. The van der Waals surface area contributed by atoms with Crippen LogP contribution in [-0.4, -0.2) is 36.4 Å². The van der Waals surface area contributed by atoms with E-state index in [1.54, 1.807) is 6.07 Å². The average molecular weight is 253 g/mol. The molecule has 100 valence electrons. The van der Waals surface area contributed by atoms with E-state index in [0.717, 1.165) is 25.7 Å². The molecule has 2 rings (SSSR count). The van der Waals surface area contributed by atoms with Crippen LogP contribution >= 0.6 is 0 Å². The minimum absolute atomic E-state index is 0.0113. The smallest absolute Gasteiger partial charge is 0.254 e. The number of amides is 1. The van der Waals surface area contributed by atoms with Gasteiger partial charge in [-0.2, -0.15) is 0 Å². The highest BCUT2D eigenvalue weighted by Gasteiger charge is 2.35. The molecule has 18 heavy (non-hydrogen) atoms. The zero-order chi connectivity index (χ0) is 12.8. The van der Waals surface area contributed by atoms with Gasteiger partial charge in [0.05, 0.1) is 30.6 Å². The number of furan rings is 1. The number of hydrogen-bond acceptors (Lipinski definition) is 4. The summed E-state index contributed by atoms with van der Waals surface area (Å²) in [5.74, 6) is -0.150. The van der Waals surface area contributed by atoms with Crippen molar-refractivity contribution in [3.05, 3.63) is 24.2 Å². The maximum Gasteiger partial charge on any atom is 0.254 e. The first-order chi connectivity index (χ1) is 8.76. The SMILES string of the molecule is O=C(NCC1(OCCO)CCCC1)c1ccoc1. The van der Waals surface area contributed by atoms with Crippen molar-refractivity contribution in [2.45, 2.75) is 31.3 Å². The van der Waals surface area contributed by atoms with E-state index in [1.165, 1.54) is 12.5 Å². The van der Waals surface area contributed by atoms with E-state index in [1.807, 2.05) is 0 Å². The Bertz CT molecular complexity index is 368. The normalized spacial score (nSPS) is 17.8. The molecule has 0 spiro atoms. The molecule has 0 radical (unpaired) electrons. The third-order valence-corrected chi connectivity index (χ3v) is 3.37. The number of nitrogens with one attached hydrogen (secondary N) is 1. The Kier molecular flexibility index (Phi) is 4.38. The number of ether oxygens (including phenoxy) is 1.